The van der Waals surface area contributed by atoms with Crippen molar-refractivity contribution in [2.45, 2.75) is 37.6 Å². The van der Waals surface area contributed by atoms with Gasteiger partial charge in [-0.25, -0.2) is 0 Å². The molecule has 142 valence electrons. The average molecular weight is 358 g/mol. The molecule has 5 nitrogen and oxygen atoms in total. The van der Waals surface area contributed by atoms with E-state index in [1.807, 2.05) is 18.2 Å². The Bertz CT molecular complexity index is 615. The number of hydrogen-bond acceptors (Lipinski definition) is 5. The molecule has 0 atom stereocenters. The molecular weight excluding hydrogens is 328 g/mol. The van der Waals surface area contributed by atoms with Gasteiger partial charge in [-0.3, -0.25) is 9.69 Å². The first kappa shape index (κ1) is 18.0. The molecular formula is C21H30N2O3. The average Bonchev–Trinajstić information content (AvgIpc) is 2.75. The van der Waals surface area contributed by atoms with Gasteiger partial charge >= 0.3 is 0 Å². The minimum absolute atomic E-state index is 0.321. The molecule has 0 spiro atoms. The fourth-order valence-corrected chi connectivity index (χ4v) is 4.81. The number of ketones is 1. The number of carbonyl (C=O) groups excluding carboxylic acids is 1. The Labute approximate surface area is 156 Å². The fourth-order valence-electron chi connectivity index (χ4n) is 4.81. The van der Waals surface area contributed by atoms with Gasteiger partial charge in [-0.05, 0) is 25.0 Å². The second-order valence-electron chi connectivity index (χ2n) is 7.64. The van der Waals surface area contributed by atoms with Crippen LogP contribution in [0.5, 0.6) is 0 Å². The van der Waals surface area contributed by atoms with Crippen LogP contribution in [0.2, 0.25) is 0 Å². The number of ether oxygens (including phenoxy) is 2. The molecule has 2 saturated heterocycles. The molecule has 3 fully saturated rings. The van der Waals surface area contributed by atoms with E-state index in [-0.39, 0.29) is 5.54 Å². The smallest absolute Gasteiger partial charge is 0.185 e. The van der Waals surface area contributed by atoms with Gasteiger partial charge in [0.2, 0.25) is 0 Å². The quantitative estimate of drug-likeness (QED) is 0.774. The molecule has 0 bridgehead atoms. The first-order valence-corrected chi connectivity index (χ1v) is 10.1. The van der Waals surface area contributed by atoms with Gasteiger partial charge in [0, 0.05) is 37.4 Å². The molecule has 26 heavy (non-hydrogen) atoms. The van der Waals surface area contributed by atoms with Crippen molar-refractivity contribution in [1.82, 2.24) is 4.90 Å². The van der Waals surface area contributed by atoms with Crippen molar-refractivity contribution in [2.24, 2.45) is 0 Å². The van der Waals surface area contributed by atoms with Crippen molar-refractivity contribution in [3.05, 3.63) is 29.8 Å². The van der Waals surface area contributed by atoms with Crippen LogP contribution in [0.25, 0.3) is 0 Å². The van der Waals surface area contributed by atoms with E-state index in [1.54, 1.807) is 0 Å². The van der Waals surface area contributed by atoms with Gasteiger partial charge < -0.3 is 14.4 Å². The highest BCUT2D eigenvalue weighted by molar-refractivity contribution is 6.07. The van der Waals surface area contributed by atoms with E-state index in [4.69, 9.17) is 9.47 Å². The maximum Gasteiger partial charge on any atom is 0.185 e. The molecule has 0 aromatic heterocycles. The zero-order chi connectivity index (χ0) is 17.8. The standard InChI is InChI=1S/C21H30N2O3/c24-20(18-6-2-3-7-19(18)22-10-14-25-15-11-22)21(8-4-1-5-9-21)23-12-16-26-17-13-23/h2-3,6-7H,1,4-5,8-17H2. The van der Waals surface area contributed by atoms with Crippen molar-refractivity contribution in [3.8, 4) is 0 Å². The summed E-state index contributed by atoms with van der Waals surface area (Å²) in [6, 6.07) is 8.19. The van der Waals surface area contributed by atoms with Crippen molar-refractivity contribution >= 4 is 11.5 Å². The third-order valence-corrected chi connectivity index (χ3v) is 6.22. The summed E-state index contributed by atoms with van der Waals surface area (Å²) in [6.07, 6.45) is 5.47. The van der Waals surface area contributed by atoms with Crippen LogP contribution >= 0.6 is 0 Å². The summed E-state index contributed by atoms with van der Waals surface area (Å²) in [7, 11) is 0. The van der Waals surface area contributed by atoms with Crippen LogP contribution in [0.1, 0.15) is 42.5 Å². The molecule has 0 radical (unpaired) electrons. The Hall–Kier alpha value is -1.43. The molecule has 0 amide bonds. The van der Waals surface area contributed by atoms with Gasteiger partial charge in [-0.1, -0.05) is 31.4 Å². The van der Waals surface area contributed by atoms with Crippen LogP contribution in [0.3, 0.4) is 0 Å². The van der Waals surface area contributed by atoms with Crippen molar-refractivity contribution in [3.63, 3.8) is 0 Å². The predicted molar refractivity (Wildman–Crippen MR) is 102 cm³/mol. The monoisotopic (exact) mass is 358 g/mol. The van der Waals surface area contributed by atoms with Gasteiger partial charge in [0.1, 0.15) is 0 Å². The lowest BCUT2D eigenvalue weighted by Gasteiger charge is -2.47. The zero-order valence-corrected chi connectivity index (χ0v) is 15.6. The minimum Gasteiger partial charge on any atom is -0.379 e. The summed E-state index contributed by atoms with van der Waals surface area (Å²) in [5.74, 6) is 0.321. The summed E-state index contributed by atoms with van der Waals surface area (Å²) in [5, 5.41) is 0. The zero-order valence-electron chi connectivity index (χ0n) is 15.6. The van der Waals surface area contributed by atoms with Crippen molar-refractivity contribution in [2.75, 3.05) is 57.5 Å². The maximum absolute atomic E-state index is 13.9. The Kier molecular flexibility index (Phi) is 5.57. The molecule has 0 unspecified atom stereocenters. The van der Waals surface area contributed by atoms with E-state index in [9.17, 15) is 4.79 Å². The first-order chi connectivity index (χ1) is 12.8. The van der Waals surface area contributed by atoms with Gasteiger partial charge in [-0.2, -0.15) is 0 Å². The minimum atomic E-state index is -0.343. The van der Waals surface area contributed by atoms with Gasteiger partial charge in [-0.15, -0.1) is 0 Å². The first-order valence-electron chi connectivity index (χ1n) is 10.1. The predicted octanol–water partition coefficient (Wildman–Crippen LogP) is 2.74. The SMILES string of the molecule is O=C(c1ccccc1N1CCOCC1)C1(N2CCOCC2)CCCCC1. The van der Waals surface area contributed by atoms with Crippen LogP contribution in [0.4, 0.5) is 5.69 Å². The summed E-state index contributed by atoms with van der Waals surface area (Å²) < 4.78 is 11.1. The lowest BCUT2D eigenvalue weighted by atomic mass is 9.74. The lowest BCUT2D eigenvalue weighted by Crippen LogP contribution is -2.59. The summed E-state index contributed by atoms with van der Waals surface area (Å²) in [6.45, 7) is 6.38. The Morgan fingerprint density at radius 1 is 0.846 bits per heavy atom. The van der Waals surface area contributed by atoms with Crippen LogP contribution in [0.15, 0.2) is 24.3 Å². The topological polar surface area (TPSA) is 42.0 Å². The number of Topliss-reactive ketones (excluding diaryl/α,β-unsaturated/α-hetero) is 1. The lowest BCUT2D eigenvalue weighted by molar-refractivity contribution is -0.0264. The Balaban J connectivity index is 1.67. The highest BCUT2D eigenvalue weighted by atomic mass is 16.5. The number of rotatable bonds is 4. The third kappa shape index (κ3) is 3.40. The Morgan fingerprint density at radius 3 is 2.15 bits per heavy atom. The molecule has 1 aromatic carbocycles. The molecule has 5 heteroatoms. The third-order valence-electron chi connectivity index (χ3n) is 6.22. The highest BCUT2D eigenvalue weighted by Crippen LogP contribution is 2.39. The van der Waals surface area contributed by atoms with E-state index in [2.05, 4.69) is 15.9 Å². The van der Waals surface area contributed by atoms with Gasteiger partial charge in [0.05, 0.1) is 32.0 Å². The van der Waals surface area contributed by atoms with Crippen molar-refractivity contribution in [1.29, 1.82) is 0 Å². The second-order valence-corrected chi connectivity index (χ2v) is 7.64. The van der Waals surface area contributed by atoms with Crippen LogP contribution in [0, 0.1) is 0 Å². The maximum atomic E-state index is 13.9. The van der Waals surface area contributed by atoms with Crippen LogP contribution < -0.4 is 4.90 Å². The summed E-state index contributed by atoms with van der Waals surface area (Å²) in [4.78, 5) is 18.7. The number of benzene rings is 1. The highest BCUT2D eigenvalue weighted by Gasteiger charge is 2.46. The van der Waals surface area contributed by atoms with E-state index >= 15 is 0 Å². The molecule has 3 aliphatic rings. The number of hydrogen-bond donors (Lipinski definition) is 0. The normalized spacial score (nSPS) is 24.4. The number of para-hydroxylation sites is 1. The number of anilines is 1. The molecule has 1 aromatic rings. The van der Waals surface area contributed by atoms with E-state index < -0.39 is 0 Å². The largest absolute Gasteiger partial charge is 0.379 e. The molecule has 2 aliphatic heterocycles. The van der Waals surface area contributed by atoms with Crippen LogP contribution in [-0.4, -0.2) is 68.8 Å². The Morgan fingerprint density at radius 2 is 1.46 bits per heavy atom. The molecule has 0 N–H and O–H groups in total. The van der Waals surface area contributed by atoms with Crippen molar-refractivity contribution < 1.29 is 14.3 Å². The number of carbonyl (C=O) groups is 1. The van der Waals surface area contributed by atoms with E-state index in [1.165, 1.54) is 6.42 Å². The second kappa shape index (κ2) is 8.07. The number of morpholine rings is 2. The molecule has 1 saturated carbocycles. The fraction of sp³-hybridized carbons (Fsp3) is 0.667. The number of nitrogens with zero attached hydrogens (tertiary/aromatic N) is 2. The molecule has 2 heterocycles. The van der Waals surface area contributed by atoms with E-state index in [0.29, 0.717) is 5.78 Å². The summed E-state index contributed by atoms with van der Waals surface area (Å²) >= 11 is 0. The van der Waals surface area contributed by atoms with Gasteiger partial charge in [0.25, 0.3) is 0 Å². The summed E-state index contributed by atoms with van der Waals surface area (Å²) in [5.41, 5.74) is 1.63. The van der Waals surface area contributed by atoms with Gasteiger partial charge in [0.15, 0.2) is 5.78 Å². The molecule has 4 rings (SSSR count). The molecule has 1 aliphatic carbocycles. The van der Waals surface area contributed by atoms with E-state index in [0.717, 1.165) is 89.5 Å². The van der Waals surface area contributed by atoms with Crippen LogP contribution in [-0.2, 0) is 9.47 Å².